The zero-order valence-corrected chi connectivity index (χ0v) is 13.2. The van der Waals surface area contributed by atoms with Gasteiger partial charge in [0.25, 0.3) is 5.91 Å². The fourth-order valence-electron chi connectivity index (χ4n) is 3.21. The van der Waals surface area contributed by atoms with Crippen molar-refractivity contribution in [3.63, 3.8) is 0 Å². The third kappa shape index (κ3) is 3.97. The molecule has 3 N–H and O–H groups in total. The molecule has 0 bridgehead atoms. The number of hydrogen-bond acceptors (Lipinski definition) is 3. The van der Waals surface area contributed by atoms with Crippen LogP contribution in [0, 0.1) is 12.8 Å². The number of nitrogens with two attached hydrogens (primary N) is 1. The average Bonchev–Trinajstić information content (AvgIpc) is 2.72. The minimum Gasteiger partial charge on any atom is -0.339 e. The van der Waals surface area contributed by atoms with Gasteiger partial charge in [-0.2, -0.15) is 0 Å². The Bertz CT molecular complexity index is 487. The summed E-state index contributed by atoms with van der Waals surface area (Å²) in [6.07, 6.45) is 6.05. The molecule has 21 heavy (non-hydrogen) atoms. The fraction of sp³-hybridized carbons (Fsp3) is 0.588. The lowest BCUT2D eigenvalue weighted by Crippen LogP contribution is -2.32. The molecule has 1 atom stereocenters. The molecule has 1 fully saturated rings. The Morgan fingerprint density at radius 1 is 1.38 bits per heavy atom. The lowest BCUT2D eigenvalue weighted by molar-refractivity contribution is 0.0760. The molecule has 1 unspecified atom stereocenters. The summed E-state index contributed by atoms with van der Waals surface area (Å²) in [6, 6.07) is 5.66. The normalized spacial score (nSPS) is 19.2. The van der Waals surface area contributed by atoms with Gasteiger partial charge in [0.15, 0.2) is 0 Å². The molecule has 0 radical (unpaired) electrons. The summed E-state index contributed by atoms with van der Waals surface area (Å²) in [7, 11) is 0. The molecule has 1 aliphatic rings. The van der Waals surface area contributed by atoms with Crippen LogP contribution in [0.5, 0.6) is 0 Å². The van der Waals surface area contributed by atoms with E-state index in [1.807, 2.05) is 30.0 Å². The first-order valence-corrected chi connectivity index (χ1v) is 8.02. The maximum absolute atomic E-state index is 12.6. The Morgan fingerprint density at radius 2 is 2.19 bits per heavy atom. The summed E-state index contributed by atoms with van der Waals surface area (Å²) in [6.45, 7) is 5.98. The highest BCUT2D eigenvalue weighted by Gasteiger charge is 2.21. The van der Waals surface area contributed by atoms with Crippen LogP contribution in [0.4, 0.5) is 5.69 Å². The molecular weight excluding hydrogens is 262 g/mol. The summed E-state index contributed by atoms with van der Waals surface area (Å²) in [5, 5.41) is 0. The molecule has 0 aromatic heterocycles. The summed E-state index contributed by atoms with van der Waals surface area (Å²) >= 11 is 0. The number of rotatable bonds is 4. The smallest absolute Gasteiger partial charge is 0.253 e. The lowest BCUT2D eigenvalue weighted by atomic mass is 9.96. The molecule has 1 aromatic rings. The first-order valence-electron chi connectivity index (χ1n) is 8.02. The molecule has 116 valence electrons. The Kier molecular flexibility index (Phi) is 5.62. The maximum atomic E-state index is 12.6. The summed E-state index contributed by atoms with van der Waals surface area (Å²) < 4.78 is 0. The van der Waals surface area contributed by atoms with Crippen LogP contribution >= 0.6 is 0 Å². The van der Waals surface area contributed by atoms with Crippen LogP contribution < -0.4 is 11.3 Å². The van der Waals surface area contributed by atoms with E-state index in [2.05, 4.69) is 12.3 Å². The molecule has 1 amide bonds. The predicted octanol–water partition coefficient (Wildman–Crippen LogP) is 3.32. The van der Waals surface area contributed by atoms with Crippen molar-refractivity contribution < 1.29 is 4.79 Å². The summed E-state index contributed by atoms with van der Waals surface area (Å²) in [5.74, 6) is 6.38. The van der Waals surface area contributed by atoms with E-state index in [4.69, 9.17) is 5.84 Å². The maximum Gasteiger partial charge on any atom is 0.253 e. The van der Waals surface area contributed by atoms with Crippen molar-refractivity contribution in [1.29, 1.82) is 0 Å². The first kappa shape index (κ1) is 15.8. The minimum absolute atomic E-state index is 0.152. The van der Waals surface area contributed by atoms with E-state index >= 15 is 0 Å². The van der Waals surface area contributed by atoms with E-state index in [0.717, 1.165) is 48.7 Å². The van der Waals surface area contributed by atoms with E-state index in [1.165, 1.54) is 19.3 Å². The van der Waals surface area contributed by atoms with Gasteiger partial charge in [-0.15, -0.1) is 0 Å². The molecule has 0 saturated carbocycles. The number of likely N-dealkylation sites (tertiary alicyclic amines) is 1. The third-order valence-corrected chi connectivity index (χ3v) is 4.46. The van der Waals surface area contributed by atoms with E-state index in [9.17, 15) is 4.79 Å². The topological polar surface area (TPSA) is 58.4 Å². The van der Waals surface area contributed by atoms with Crippen molar-refractivity contribution in [3.05, 3.63) is 29.3 Å². The Morgan fingerprint density at radius 3 is 2.86 bits per heavy atom. The van der Waals surface area contributed by atoms with Gasteiger partial charge in [-0.25, -0.2) is 0 Å². The highest BCUT2D eigenvalue weighted by atomic mass is 16.2. The van der Waals surface area contributed by atoms with Gasteiger partial charge < -0.3 is 10.3 Å². The second-order valence-corrected chi connectivity index (χ2v) is 6.05. The number of amides is 1. The largest absolute Gasteiger partial charge is 0.339 e. The number of nitrogen functional groups attached to an aromatic ring is 1. The number of nitrogens with zero attached hydrogens (tertiary/aromatic N) is 1. The zero-order chi connectivity index (χ0) is 15.2. The van der Waals surface area contributed by atoms with Gasteiger partial charge in [-0.1, -0.05) is 19.8 Å². The molecule has 1 saturated heterocycles. The quantitative estimate of drug-likeness (QED) is 0.660. The Balaban J connectivity index is 2.04. The SMILES string of the molecule is CCCC1CCCN(C(=O)c2ccc(NN)c(C)c2)CC1. The molecule has 4 heteroatoms. The second-order valence-electron chi connectivity index (χ2n) is 6.05. The van der Waals surface area contributed by atoms with E-state index in [-0.39, 0.29) is 5.91 Å². The first-order chi connectivity index (χ1) is 10.2. The van der Waals surface area contributed by atoms with E-state index < -0.39 is 0 Å². The van der Waals surface area contributed by atoms with Crippen LogP contribution in [0.25, 0.3) is 0 Å². The number of nitrogens with one attached hydrogen (secondary N) is 1. The number of hydrogen-bond donors (Lipinski definition) is 2. The van der Waals surface area contributed by atoms with Crippen molar-refractivity contribution in [2.75, 3.05) is 18.5 Å². The van der Waals surface area contributed by atoms with Gasteiger partial charge in [-0.3, -0.25) is 10.6 Å². The van der Waals surface area contributed by atoms with Gasteiger partial charge in [0.1, 0.15) is 0 Å². The van der Waals surface area contributed by atoms with Crippen molar-refractivity contribution in [3.8, 4) is 0 Å². The van der Waals surface area contributed by atoms with E-state index in [1.54, 1.807) is 0 Å². The Labute approximate surface area is 127 Å². The molecule has 1 heterocycles. The van der Waals surface area contributed by atoms with Crippen LogP contribution in [0.15, 0.2) is 18.2 Å². The molecular formula is C17H27N3O. The van der Waals surface area contributed by atoms with Crippen molar-refractivity contribution in [2.45, 2.75) is 46.0 Å². The van der Waals surface area contributed by atoms with Crippen LogP contribution in [-0.2, 0) is 0 Å². The second kappa shape index (κ2) is 7.46. The van der Waals surface area contributed by atoms with Gasteiger partial charge in [0.05, 0.1) is 5.69 Å². The number of benzene rings is 1. The van der Waals surface area contributed by atoms with Crippen LogP contribution in [-0.4, -0.2) is 23.9 Å². The zero-order valence-electron chi connectivity index (χ0n) is 13.2. The van der Waals surface area contributed by atoms with Crippen LogP contribution in [0.3, 0.4) is 0 Å². The summed E-state index contributed by atoms with van der Waals surface area (Å²) in [5.41, 5.74) is 5.28. The number of carbonyl (C=O) groups is 1. The molecule has 1 aromatic carbocycles. The summed E-state index contributed by atoms with van der Waals surface area (Å²) in [4.78, 5) is 14.7. The van der Waals surface area contributed by atoms with Gasteiger partial charge in [0, 0.05) is 18.7 Å². The average molecular weight is 289 g/mol. The van der Waals surface area contributed by atoms with Crippen molar-refractivity contribution in [1.82, 2.24) is 4.90 Å². The standard InChI is InChI=1S/C17H27N3O/c1-3-5-14-6-4-10-20(11-9-14)17(21)15-7-8-16(19-18)13(2)12-15/h7-8,12,14,19H,3-6,9-11,18H2,1-2H3. The fourth-order valence-corrected chi connectivity index (χ4v) is 3.21. The lowest BCUT2D eigenvalue weighted by Gasteiger charge is -2.21. The monoisotopic (exact) mass is 289 g/mol. The number of carbonyl (C=O) groups excluding carboxylic acids is 1. The molecule has 1 aliphatic heterocycles. The Hall–Kier alpha value is -1.55. The number of hydrazine groups is 1. The predicted molar refractivity (Wildman–Crippen MR) is 87.1 cm³/mol. The van der Waals surface area contributed by atoms with Gasteiger partial charge >= 0.3 is 0 Å². The van der Waals surface area contributed by atoms with Gasteiger partial charge in [0.2, 0.25) is 0 Å². The van der Waals surface area contributed by atoms with Crippen molar-refractivity contribution >= 4 is 11.6 Å². The molecule has 2 rings (SSSR count). The van der Waals surface area contributed by atoms with Crippen LogP contribution in [0.2, 0.25) is 0 Å². The highest BCUT2D eigenvalue weighted by Crippen LogP contribution is 2.23. The third-order valence-electron chi connectivity index (χ3n) is 4.46. The van der Waals surface area contributed by atoms with Gasteiger partial charge in [-0.05, 0) is 55.9 Å². The van der Waals surface area contributed by atoms with E-state index in [0.29, 0.717) is 0 Å². The number of anilines is 1. The molecule has 0 aliphatic carbocycles. The highest BCUT2D eigenvalue weighted by molar-refractivity contribution is 5.95. The van der Waals surface area contributed by atoms with Crippen LogP contribution in [0.1, 0.15) is 54.9 Å². The molecule has 0 spiro atoms. The minimum atomic E-state index is 0.152. The van der Waals surface area contributed by atoms with Crippen molar-refractivity contribution in [2.24, 2.45) is 11.8 Å². The molecule has 4 nitrogen and oxygen atoms in total. The number of aryl methyl sites for hydroxylation is 1.